The van der Waals surface area contributed by atoms with E-state index in [1.165, 1.54) is 0 Å². The van der Waals surface area contributed by atoms with Crippen molar-refractivity contribution >= 4 is 18.0 Å². The quantitative estimate of drug-likeness (QED) is 0.589. The number of nitrogens with zero attached hydrogens (tertiary/aromatic N) is 1. The van der Waals surface area contributed by atoms with Crippen molar-refractivity contribution in [3.8, 4) is 0 Å². The van der Waals surface area contributed by atoms with Gasteiger partial charge in [-0.3, -0.25) is 4.79 Å². The summed E-state index contributed by atoms with van der Waals surface area (Å²) in [5.41, 5.74) is 1.88. The molecule has 2 fully saturated rings. The lowest BCUT2D eigenvalue weighted by Crippen LogP contribution is -2.59. The van der Waals surface area contributed by atoms with Crippen LogP contribution in [0.4, 0.5) is 26.3 Å². The Morgan fingerprint density at radius 2 is 1.67 bits per heavy atom. The lowest BCUT2D eigenvalue weighted by molar-refractivity contribution is -0.192. The first kappa shape index (κ1) is 26.7. The molecule has 2 aliphatic rings. The molecule has 1 heterocycles. The van der Waals surface area contributed by atoms with Gasteiger partial charge in [0.05, 0.1) is 0 Å². The minimum atomic E-state index is -5.08. The summed E-state index contributed by atoms with van der Waals surface area (Å²) < 4.78 is 71.1. The van der Waals surface area contributed by atoms with Gasteiger partial charge in [0, 0.05) is 37.0 Å². The predicted molar refractivity (Wildman–Crippen MR) is 109 cm³/mol. The van der Waals surface area contributed by atoms with Gasteiger partial charge in [-0.25, -0.2) is 4.79 Å². The summed E-state index contributed by atoms with van der Waals surface area (Å²) in [6.07, 6.45) is -6.48. The lowest BCUT2D eigenvalue weighted by Gasteiger charge is -2.43. The van der Waals surface area contributed by atoms with Crippen LogP contribution >= 0.6 is 0 Å². The van der Waals surface area contributed by atoms with E-state index in [4.69, 9.17) is 9.90 Å². The Morgan fingerprint density at radius 1 is 1.12 bits per heavy atom. The fourth-order valence-corrected chi connectivity index (χ4v) is 3.74. The third kappa shape index (κ3) is 7.48. The van der Waals surface area contributed by atoms with E-state index in [2.05, 4.69) is 5.32 Å². The second-order valence-corrected chi connectivity index (χ2v) is 8.54. The maximum Gasteiger partial charge on any atom is 0.490 e. The summed E-state index contributed by atoms with van der Waals surface area (Å²) >= 11 is 0. The number of hydrogen-bond acceptors (Lipinski definition) is 3. The molecule has 2 unspecified atom stereocenters. The van der Waals surface area contributed by atoms with Gasteiger partial charge >= 0.3 is 24.2 Å². The van der Waals surface area contributed by atoms with Gasteiger partial charge in [0.1, 0.15) is 0 Å². The maximum atomic E-state index is 13.1. The molecule has 2 atom stereocenters. The molecule has 1 saturated carbocycles. The lowest BCUT2D eigenvalue weighted by atomic mass is 9.83. The zero-order valence-electron chi connectivity index (χ0n) is 18.1. The van der Waals surface area contributed by atoms with Crippen LogP contribution in [0.5, 0.6) is 0 Å². The first-order chi connectivity index (χ1) is 15.2. The Balaban J connectivity index is 0.000000479. The third-order valence-electron chi connectivity index (χ3n) is 5.59. The van der Waals surface area contributed by atoms with Crippen LogP contribution in [-0.2, 0) is 9.59 Å². The van der Waals surface area contributed by atoms with Crippen molar-refractivity contribution in [2.45, 2.75) is 45.1 Å². The predicted octanol–water partition coefficient (Wildman–Crippen LogP) is 4.50. The van der Waals surface area contributed by atoms with Gasteiger partial charge in [0.2, 0.25) is 0 Å². The number of hydrogen-bond donors (Lipinski definition) is 2. The van der Waals surface area contributed by atoms with Gasteiger partial charge in [0.15, 0.2) is 0 Å². The highest BCUT2D eigenvalue weighted by atomic mass is 19.4. The molecule has 1 saturated heterocycles. The molecule has 1 aliphatic carbocycles. The second-order valence-electron chi connectivity index (χ2n) is 8.54. The van der Waals surface area contributed by atoms with Crippen LogP contribution < -0.4 is 5.32 Å². The average molecular weight is 480 g/mol. The number of amides is 1. The highest BCUT2D eigenvalue weighted by Crippen LogP contribution is 2.45. The smallest absolute Gasteiger partial charge is 0.475 e. The third-order valence-corrected chi connectivity index (χ3v) is 5.59. The van der Waals surface area contributed by atoms with Crippen LogP contribution in [0.25, 0.3) is 6.08 Å². The van der Waals surface area contributed by atoms with E-state index in [9.17, 15) is 31.1 Å². The van der Waals surface area contributed by atoms with E-state index in [1.807, 2.05) is 50.3 Å². The summed E-state index contributed by atoms with van der Waals surface area (Å²) in [5, 5.41) is 10.2. The molecule has 33 heavy (non-hydrogen) atoms. The molecule has 184 valence electrons. The maximum absolute atomic E-state index is 13.1. The molecule has 1 aromatic rings. The summed E-state index contributed by atoms with van der Waals surface area (Å²) in [5.74, 6) is -4.44. The Labute approximate surface area is 187 Å². The average Bonchev–Trinajstić information content (AvgIpc) is 3.48. The van der Waals surface area contributed by atoms with Gasteiger partial charge in [0.25, 0.3) is 0 Å². The summed E-state index contributed by atoms with van der Waals surface area (Å²) in [6, 6.07) is 9.41. The molecular formula is C22H26F6N2O3. The monoisotopic (exact) mass is 480 g/mol. The number of benzene rings is 1. The van der Waals surface area contributed by atoms with E-state index in [0.717, 1.165) is 22.5 Å². The minimum absolute atomic E-state index is 0.0168. The number of carboxylic acid groups (broad SMARTS) is 1. The van der Waals surface area contributed by atoms with Gasteiger partial charge in [-0.15, -0.1) is 0 Å². The number of nitrogens with one attached hydrogen (secondary N) is 1. The molecule has 0 bridgehead atoms. The number of rotatable bonds is 6. The molecule has 3 rings (SSSR count). The number of carboxylic acids is 1. The van der Waals surface area contributed by atoms with Crippen molar-refractivity contribution in [3.05, 3.63) is 41.5 Å². The molecule has 1 aliphatic heterocycles. The highest BCUT2D eigenvalue weighted by molar-refractivity contribution is 5.82. The molecular weight excluding hydrogens is 454 g/mol. The number of aliphatic carboxylic acids is 1. The van der Waals surface area contributed by atoms with Crippen molar-refractivity contribution in [1.29, 1.82) is 0 Å². The van der Waals surface area contributed by atoms with Gasteiger partial charge in [-0.2, -0.15) is 26.3 Å². The highest BCUT2D eigenvalue weighted by Gasteiger charge is 2.54. The molecule has 11 heteroatoms. The van der Waals surface area contributed by atoms with Crippen molar-refractivity contribution in [2.75, 3.05) is 19.6 Å². The minimum Gasteiger partial charge on any atom is -0.475 e. The van der Waals surface area contributed by atoms with Crippen molar-refractivity contribution in [3.63, 3.8) is 0 Å². The summed E-state index contributed by atoms with van der Waals surface area (Å²) in [4.78, 5) is 22.0. The van der Waals surface area contributed by atoms with Gasteiger partial charge in [-0.05, 0) is 18.4 Å². The Morgan fingerprint density at radius 3 is 2.06 bits per heavy atom. The first-order valence-corrected chi connectivity index (χ1v) is 10.3. The number of carbonyl (C=O) groups is 2. The van der Waals surface area contributed by atoms with E-state index in [-0.39, 0.29) is 23.9 Å². The molecule has 0 spiro atoms. The number of carbonyl (C=O) groups excluding carboxylic acids is 1. The largest absolute Gasteiger partial charge is 0.490 e. The Bertz CT molecular complexity index is 863. The van der Waals surface area contributed by atoms with Crippen molar-refractivity contribution < 1.29 is 41.0 Å². The van der Waals surface area contributed by atoms with Crippen LogP contribution in [-0.4, -0.2) is 59.9 Å². The van der Waals surface area contributed by atoms with Crippen LogP contribution in [0.15, 0.2) is 35.9 Å². The summed E-state index contributed by atoms with van der Waals surface area (Å²) in [6.45, 7) is 5.39. The summed E-state index contributed by atoms with van der Waals surface area (Å²) in [7, 11) is 0. The Hall–Kier alpha value is -2.56. The topological polar surface area (TPSA) is 69.6 Å². The molecule has 2 N–H and O–H groups in total. The molecule has 1 amide bonds. The zero-order valence-corrected chi connectivity index (χ0v) is 18.1. The van der Waals surface area contributed by atoms with Gasteiger partial charge < -0.3 is 15.3 Å². The van der Waals surface area contributed by atoms with Crippen molar-refractivity contribution in [1.82, 2.24) is 10.2 Å². The molecule has 5 nitrogen and oxygen atoms in total. The van der Waals surface area contributed by atoms with E-state index >= 15 is 0 Å². The fourth-order valence-electron chi connectivity index (χ4n) is 3.74. The van der Waals surface area contributed by atoms with Crippen LogP contribution in [0.1, 0.15) is 32.3 Å². The van der Waals surface area contributed by atoms with Crippen molar-refractivity contribution in [2.24, 2.45) is 11.3 Å². The van der Waals surface area contributed by atoms with Crippen LogP contribution in [0.3, 0.4) is 0 Å². The van der Waals surface area contributed by atoms with E-state index in [0.29, 0.717) is 19.5 Å². The number of alkyl halides is 6. The molecule has 1 aromatic carbocycles. The molecule has 0 aromatic heterocycles. The standard InChI is InChI=1S/C20H25F3N2O.C2HF3O2/c1-3-15(9-14-7-5-4-6-8-14)16-10-17(16)25(18(26)20(21,22)23)13-19(2)11-24-12-19;3-2(4,5)1(6)7/h4-9,16-17,24H,3,10-13H2,1-2H3;(H,6,7)/b15-9+;. The fraction of sp³-hybridized carbons (Fsp3) is 0.545. The van der Waals surface area contributed by atoms with E-state index in [1.54, 1.807) is 0 Å². The number of halogens is 6. The second kappa shape index (κ2) is 10.1. The van der Waals surface area contributed by atoms with Crippen LogP contribution in [0, 0.1) is 11.3 Å². The Kier molecular flexibility index (Phi) is 8.21. The molecule has 0 radical (unpaired) electrons. The SMILES string of the molecule is CC/C(=C\c1ccccc1)C1CC1N(CC1(C)CNC1)C(=O)C(F)(F)F.O=C(O)C(F)(F)F. The van der Waals surface area contributed by atoms with E-state index < -0.39 is 24.2 Å². The normalized spacial score (nSPS) is 21.9. The zero-order chi connectivity index (χ0) is 25.0. The van der Waals surface area contributed by atoms with Gasteiger partial charge in [-0.1, -0.05) is 55.8 Å². The van der Waals surface area contributed by atoms with Crippen LogP contribution in [0.2, 0.25) is 0 Å². The first-order valence-electron chi connectivity index (χ1n) is 10.3.